The minimum absolute atomic E-state index is 0.0208. The van der Waals surface area contributed by atoms with Crippen LogP contribution in [0.2, 0.25) is 0 Å². The third-order valence-corrected chi connectivity index (χ3v) is 7.92. The first-order chi connectivity index (χ1) is 16.5. The van der Waals surface area contributed by atoms with Crippen molar-refractivity contribution < 1.29 is 17.6 Å². The number of rotatable bonds is 9. The van der Waals surface area contributed by atoms with Gasteiger partial charge in [0.05, 0.1) is 5.56 Å². The van der Waals surface area contributed by atoms with Gasteiger partial charge in [-0.1, -0.05) is 82.4 Å². The molecule has 1 saturated carbocycles. The Morgan fingerprint density at radius 1 is 0.765 bits per heavy atom. The maximum absolute atomic E-state index is 15.2. The van der Waals surface area contributed by atoms with E-state index in [9.17, 15) is 13.2 Å². The molecular weight excluding hydrogens is 436 g/mol. The molecule has 0 heterocycles. The molecule has 0 radical (unpaired) electrons. The van der Waals surface area contributed by atoms with E-state index in [-0.39, 0.29) is 11.1 Å². The van der Waals surface area contributed by atoms with Crippen LogP contribution in [0, 0.1) is 35.1 Å². The van der Waals surface area contributed by atoms with Crippen molar-refractivity contribution in [2.75, 3.05) is 0 Å². The van der Waals surface area contributed by atoms with Gasteiger partial charge in [-0.05, 0) is 72.4 Å². The molecule has 2 aliphatic rings. The van der Waals surface area contributed by atoms with Crippen molar-refractivity contribution in [1.82, 2.24) is 0 Å². The zero-order valence-electron chi connectivity index (χ0n) is 20.2. The Morgan fingerprint density at radius 3 is 2.21 bits per heavy atom. The summed E-state index contributed by atoms with van der Waals surface area (Å²) in [5, 5.41) is 0. The largest absolute Gasteiger partial charge is 0.206 e. The molecule has 1 fully saturated rings. The fraction of sp³-hybridized carbons (Fsp3) is 0.533. The monoisotopic (exact) mass is 472 g/mol. The molecule has 0 unspecified atom stereocenters. The molecule has 0 spiro atoms. The molecule has 0 N–H and O–H groups in total. The van der Waals surface area contributed by atoms with Crippen LogP contribution < -0.4 is 0 Å². The Bertz CT molecular complexity index is 1010. The Labute approximate surface area is 201 Å². The summed E-state index contributed by atoms with van der Waals surface area (Å²) >= 11 is 0. The first-order valence-electron chi connectivity index (χ1n) is 13.1. The number of fused-ring (bicyclic) bond motifs is 1. The highest BCUT2D eigenvalue weighted by atomic mass is 19.2. The van der Waals surface area contributed by atoms with Crippen molar-refractivity contribution in [3.63, 3.8) is 0 Å². The van der Waals surface area contributed by atoms with Crippen molar-refractivity contribution in [2.45, 2.75) is 90.4 Å². The second kappa shape index (κ2) is 11.6. The van der Waals surface area contributed by atoms with Crippen molar-refractivity contribution in [3.8, 4) is 11.1 Å². The molecule has 2 aromatic carbocycles. The highest BCUT2D eigenvalue weighted by molar-refractivity contribution is 5.71. The number of hydrogen-bond acceptors (Lipinski definition) is 0. The van der Waals surface area contributed by atoms with E-state index in [2.05, 4.69) is 6.92 Å². The average Bonchev–Trinajstić information content (AvgIpc) is 2.83. The summed E-state index contributed by atoms with van der Waals surface area (Å²) in [7, 11) is 0. The summed E-state index contributed by atoms with van der Waals surface area (Å²) in [6, 6.07) is 4.32. The number of unbranched alkanes of at least 4 members (excludes halogenated alkanes) is 3. The molecule has 0 saturated heterocycles. The Kier molecular flexibility index (Phi) is 8.50. The van der Waals surface area contributed by atoms with E-state index in [0.717, 1.165) is 43.2 Å². The van der Waals surface area contributed by atoms with Crippen LogP contribution in [0.25, 0.3) is 17.2 Å². The lowest BCUT2D eigenvalue weighted by Gasteiger charge is -2.29. The second-order valence-corrected chi connectivity index (χ2v) is 10.3. The lowest BCUT2D eigenvalue weighted by Crippen LogP contribution is -2.15. The van der Waals surface area contributed by atoms with Gasteiger partial charge >= 0.3 is 0 Å². The van der Waals surface area contributed by atoms with Crippen LogP contribution in [0.3, 0.4) is 0 Å². The van der Waals surface area contributed by atoms with Gasteiger partial charge in [-0.2, -0.15) is 0 Å². The lowest BCUT2D eigenvalue weighted by molar-refractivity contribution is 0.248. The first kappa shape index (κ1) is 25.0. The molecule has 184 valence electrons. The first-order valence-corrected chi connectivity index (χ1v) is 13.1. The summed E-state index contributed by atoms with van der Waals surface area (Å²) in [4.78, 5) is 0. The van der Waals surface area contributed by atoms with Crippen LogP contribution >= 0.6 is 0 Å². The predicted octanol–water partition coefficient (Wildman–Crippen LogP) is 9.80. The molecule has 0 nitrogen and oxygen atoms in total. The molecule has 2 aromatic rings. The summed E-state index contributed by atoms with van der Waals surface area (Å²) in [5.74, 6) is -1.87. The van der Waals surface area contributed by atoms with Gasteiger partial charge in [0.15, 0.2) is 11.6 Å². The Hall–Kier alpha value is -2.10. The van der Waals surface area contributed by atoms with Crippen LogP contribution in [0.15, 0.2) is 29.8 Å². The summed E-state index contributed by atoms with van der Waals surface area (Å²) in [6.07, 6.45) is 17.5. The number of allylic oxidation sites excluding steroid dienone is 1. The third kappa shape index (κ3) is 5.93. The van der Waals surface area contributed by atoms with Crippen LogP contribution in [0.1, 0.15) is 95.1 Å². The maximum Gasteiger partial charge on any atom is 0.159 e. The fourth-order valence-electron chi connectivity index (χ4n) is 5.81. The minimum Gasteiger partial charge on any atom is -0.206 e. The fourth-order valence-corrected chi connectivity index (χ4v) is 5.81. The molecule has 0 aromatic heterocycles. The van der Waals surface area contributed by atoms with Gasteiger partial charge in [0.1, 0.15) is 11.6 Å². The van der Waals surface area contributed by atoms with E-state index in [1.807, 2.05) is 6.08 Å². The van der Waals surface area contributed by atoms with E-state index in [4.69, 9.17) is 0 Å². The Morgan fingerprint density at radius 2 is 1.50 bits per heavy atom. The van der Waals surface area contributed by atoms with Gasteiger partial charge in [0, 0.05) is 0 Å². The van der Waals surface area contributed by atoms with Crippen LogP contribution in [-0.2, 0) is 6.42 Å². The zero-order valence-corrected chi connectivity index (χ0v) is 20.2. The van der Waals surface area contributed by atoms with Crippen molar-refractivity contribution in [1.29, 1.82) is 0 Å². The van der Waals surface area contributed by atoms with Gasteiger partial charge in [-0.15, -0.1) is 0 Å². The molecule has 0 bridgehead atoms. The molecule has 2 aliphatic carbocycles. The van der Waals surface area contributed by atoms with E-state index in [1.165, 1.54) is 75.5 Å². The average molecular weight is 473 g/mol. The van der Waals surface area contributed by atoms with Crippen LogP contribution in [0.5, 0.6) is 0 Å². The zero-order chi connectivity index (χ0) is 24.1. The Balaban J connectivity index is 1.36. The van der Waals surface area contributed by atoms with Gasteiger partial charge in [-0.3, -0.25) is 0 Å². The quantitative estimate of drug-likeness (QED) is 0.252. The maximum atomic E-state index is 15.2. The summed E-state index contributed by atoms with van der Waals surface area (Å²) < 4.78 is 57.0. The number of halogens is 4. The second-order valence-electron chi connectivity index (χ2n) is 10.3. The smallest absolute Gasteiger partial charge is 0.159 e. The van der Waals surface area contributed by atoms with Gasteiger partial charge in [-0.25, -0.2) is 17.6 Å². The van der Waals surface area contributed by atoms with Gasteiger partial charge in [0.25, 0.3) is 0 Å². The molecule has 0 atom stereocenters. The number of hydrogen-bond donors (Lipinski definition) is 0. The molecule has 4 heteroatoms. The molecule has 4 rings (SSSR count). The van der Waals surface area contributed by atoms with Gasteiger partial charge in [0.2, 0.25) is 0 Å². The summed E-state index contributed by atoms with van der Waals surface area (Å²) in [6.45, 7) is 2.26. The van der Waals surface area contributed by atoms with E-state index >= 15 is 4.39 Å². The van der Waals surface area contributed by atoms with Crippen molar-refractivity contribution in [2.24, 2.45) is 11.8 Å². The summed E-state index contributed by atoms with van der Waals surface area (Å²) in [5.41, 5.74) is 2.05. The highest BCUT2D eigenvalue weighted by Gasteiger charge is 2.24. The molecular formula is C30H36F4. The highest BCUT2D eigenvalue weighted by Crippen LogP contribution is 2.38. The van der Waals surface area contributed by atoms with Gasteiger partial charge < -0.3 is 0 Å². The predicted molar refractivity (Wildman–Crippen MR) is 131 cm³/mol. The topological polar surface area (TPSA) is 0 Å². The normalized spacial score (nSPS) is 20.2. The molecule has 0 aliphatic heterocycles. The molecule has 34 heavy (non-hydrogen) atoms. The van der Waals surface area contributed by atoms with Crippen LogP contribution in [0.4, 0.5) is 17.6 Å². The minimum atomic E-state index is -1.11. The standard InChI is InChI=1S/C30H36F4/c1-2-3-4-5-6-20-7-9-21(10-8-20)11-12-22-13-15-25-24(17-22)19-28(33)29(30(25)34)23-14-16-26(31)27(32)18-23/h14,16-21H,2-13,15H2,1H3. The van der Waals surface area contributed by atoms with E-state index in [0.29, 0.717) is 17.5 Å². The van der Waals surface area contributed by atoms with Crippen LogP contribution in [-0.4, -0.2) is 0 Å². The molecule has 0 amide bonds. The van der Waals surface area contributed by atoms with E-state index < -0.39 is 23.3 Å². The SMILES string of the molecule is CCCCCCC1CCC(CCC2=Cc3cc(F)c(-c4ccc(F)c(F)c4)c(F)c3CC2)CC1. The van der Waals surface area contributed by atoms with Crippen molar-refractivity contribution >= 4 is 6.08 Å². The number of benzene rings is 2. The van der Waals surface area contributed by atoms with Crippen molar-refractivity contribution in [3.05, 3.63) is 64.2 Å². The van der Waals surface area contributed by atoms with E-state index in [1.54, 1.807) is 0 Å². The lowest BCUT2D eigenvalue weighted by atomic mass is 9.77. The third-order valence-electron chi connectivity index (χ3n) is 7.92.